The van der Waals surface area contributed by atoms with Gasteiger partial charge in [-0.2, -0.15) is 0 Å². The third-order valence-electron chi connectivity index (χ3n) is 9.65. The van der Waals surface area contributed by atoms with Crippen molar-refractivity contribution in [3.8, 4) is 16.8 Å². The minimum Gasteiger partial charge on any atom is -0.456 e. The maximum Gasteiger partial charge on any atom is 0.169 e. The van der Waals surface area contributed by atoms with E-state index >= 15 is 0 Å². The fraction of sp³-hybridized carbons (Fsp3) is 0.0222. The lowest BCUT2D eigenvalue weighted by molar-refractivity contribution is 0.669. The first-order valence-corrected chi connectivity index (χ1v) is 16.9. The van der Waals surface area contributed by atoms with Gasteiger partial charge in [0.05, 0.1) is 16.4 Å². The predicted molar refractivity (Wildman–Crippen MR) is 205 cm³/mol. The highest BCUT2D eigenvalue weighted by Crippen LogP contribution is 2.41. The number of hydrogen-bond acceptors (Lipinski definition) is 4. The summed E-state index contributed by atoms with van der Waals surface area (Å²) < 4.78 is 8.69. The monoisotopic (exact) mass is 642 g/mol. The van der Waals surface area contributed by atoms with Crippen molar-refractivity contribution in [2.75, 3.05) is 0 Å². The second-order valence-corrected chi connectivity index (χ2v) is 12.6. The zero-order valence-electron chi connectivity index (χ0n) is 27.0. The van der Waals surface area contributed by atoms with Crippen molar-refractivity contribution < 1.29 is 4.42 Å². The molecule has 0 atom stereocenters. The Morgan fingerprint density at radius 1 is 0.480 bits per heavy atom. The lowest BCUT2D eigenvalue weighted by atomic mass is 10.0. The molecular formula is C45H30N4O. The highest BCUT2D eigenvalue weighted by Gasteiger charge is 2.22. The Labute approximate surface area is 288 Å². The van der Waals surface area contributed by atoms with E-state index in [4.69, 9.17) is 14.4 Å². The summed E-state index contributed by atoms with van der Waals surface area (Å²) in [7, 11) is 0. The van der Waals surface area contributed by atoms with Gasteiger partial charge in [-0.3, -0.25) is 0 Å². The summed E-state index contributed by atoms with van der Waals surface area (Å²) in [4.78, 5) is 10.2. The van der Waals surface area contributed by atoms with Gasteiger partial charge in [-0.15, -0.1) is 0 Å². The van der Waals surface area contributed by atoms with E-state index in [2.05, 4.69) is 131 Å². The van der Waals surface area contributed by atoms with Crippen molar-refractivity contribution in [3.63, 3.8) is 0 Å². The summed E-state index contributed by atoms with van der Waals surface area (Å²) in [6.45, 7) is 0. The molecule has 10 rings (SSSR count). The van der Waals surface area contributed by atoms with Gasteiger partial charge in [-0.25, -0.2) is 9.98 Å². The fourth-order valence-electron chi connectivity index (χ4n) is 7.30. The first-order chi connectivity index (χ1) is 24.8. The fourth-order valence-corrected chi connectivity index (χ4v) is 7.30. The standard InChI is InChI=1S/C45H30N4O/c1-3-12-30(13-4-1)43-46-44(31-14-5-2-6-15-31)48-45(47-43)33-17-11-16-32(28-33)29-22-24-34(25-23-29)49-38-20-9-7-18-35(38)36-26-27-40-41(42(36)49)37-19-8-10-21-39(37)50-40/h1-28,45H,(H,46,47,48). The molecule has 5 nitrogen and oxygen atoms in total. The van der Waals surface area contributed by atoms with Gasteiger partial charge in [0.25, 0.3) is 0 Å². The second kappa shape index (κ2) is 11.5. The highest BCUT2D eigenvalue weighted by atomic mass is 16.3. The maximum atomic E-state index is 6.31. The average molecular weight is 643 g/mol. The third kappa shape index (κ3) is 4.63. The van der Waals surface area contributed by atoms with Crippen LogP contribution in [0.3, 0.4) is 0 Å². The summed E-state index contributed by atoms with van der Waals surface area (Å²) >= 11 is 0. The third-order valence-corrected chi connectivity index (χ3v) is 9.65. The molecule has 9 aromatic rings. The Morgan fingerprint density at radius 3 is 1.86 bits per heavy atom. The van der Waals surface area contributed by atoms with Gasteiger partial charge in [0.15, 0.2) is 6.17 Å². The van der Waals surface area contributed by atoms with Crippen LogP contribution in [-0.2, 0) is 0 Å². The summed E-state index contributed by atoms with van der Waals surface area (Å²) in [6, 6.07) is 59.2. The number of fused-ring (bicyclic) bond motifs is 7. The maximum absolute atomic E-state index is 6.31. The highest BCUT2D eigenvalue weighted by molar-refractivity contribution is 6.24. The SMILES string of the molecule is c1ccc(C2=NC(c3cccc(-c4ccc(-n5c6ccccc6c6ccc7oc8ccccc8c7c65)cc4)c3)N=C(c3ccccc3)N2)cc1. The number of amidine groups is 2. The number of hydrogen-bond donors (Lipinski definition) is 1. The Balaban J connectivity index is 1.07. The molecule has 236 valence electrons. The molecule has 0 saturated heterocycles. The topological polar surface area (TPSA) is 54.8 Å². The van der Waals surface area contributed by atoms with E-state index in [1.165, 1.54) is 16.3 Å². The van der Waals surface area contributed by atoms with Crippen LogP contribution < -0.4 is 5.32 Å². The van der Waals surface area contributed by atoms with Crippen molar-refractivity contribution in [1.29, 1.82) is 0 Å². The molecule has 0 radical (unpaired) electrons. The molecule has 1 N–H and O–H groups in total. The molecule has 1 aliphatic heterocycles. The molecule has 0 aliphatic carbocycles. The first kappa shape index (κ1) is 28.3. The zero-order valence-corrected chi connectivity index (χ0v) is 27.0. The van der Waals surface area contributed by atoms with Gasteiger partial charge in [0.2, 0.25) is 0 Å². The largest absolute Gasteiger partial charge is 0.456 e. The van der Waals surface area contributed by atoms with E-state index in [0.29, 0.717) is 0 Å². The predicted octanol–water partition coefficient (Wildman–Crippen LogP) is 10.8. The summed E-state index contributed by atoms with van der Waals surface area (Å²) in [5, 5.41) is 8.18. The molecule has 3 heterocycles. The van der Waals surface area contributed by atoms with Gasteiger partial charge >= 0.3 is 0 Å². The number of nitrogens with zero attached hydrogens (tertiary/aromatic N) is 3. The van der Waals surface area contributed by atoms with Crippen LogP contribution in [0.15, 0.2) is 184 Å². The zero-order chi connectivity index (χ0) is 33.0. The average Bonchev–Trinajstić information content (AvgIpc) is 3.74. The van der Waals surface area contributed by atoms with E-state index < -0.39 is 0 Å². The van der Waals surface area contributed by atoms with E-state index in [-0.39, 0.29) is 6.17 Å². The van der Waals surface area contributed by atoms with E-state index in [0.717, 1.165) is 72.6 Å². The van der Waals surface area contributed by atoms with Crippen LogP contribution in [0.2, 0.25) is 0 Å². The summed E-state index contributed by atoms with van der Waals surface area (Å²) in [6.07, 6.45) is -0.384. The summed E-state index contributed by atoms with van der Waals surface area (Å²) in [5.74, 6) is 1.62. The van der Waals surface area contributed by atoms with Gasteiger partial charge in [0, 0.05) is 33.0 Å². The number of aromatic nitrogens is 1. The van der Waals surface area contributed by atoms with Crippen LogP contribution >= 0.6 is 0 Å². The molecule has 0 amide bonds. The molecule has 0 fully saturated rings. The number of aliphatic imine (C=N–C) groups is 2. The van der Waals surface area contributed by atoms with Crippen molar-refractivity contribution in [2.24, 2.45) is 9.98 Å². The quantitative estimate of drug-likeness (QED) is 0.203. The number of nitrogens with one attached hydrogen (secondary N) is 1. The van der Waals surface area contributed by atoms with Crippen molar-refractivity contribution in [1.82, 2.24) is 9.88 Å². The van der Waals surface area contributed by atoms with Crippen LogP contribution in [0, 0.1) is 0 Å². The van der Waals surface area contributed by atoms with Crippen molar-refractivity contribution in [3.05, 3.63) is 187 Å². The molecular weight excluding hydrogens is 613 g/mol. The Morgan fingerprint density at radius 2 is 1.12 bits per heavy atom. The molecule has 7 aromatic carbocycles. The Hall–Kier alpha value is -6.72. The molecule has 5 heteroatoms. The number of para-hydroxylation sites is 2. The second-order valence-electron chi connectivity index (χ2n) is 12.6. The molecule has 50 heavy (non-hydrogen) atoms. The first-order valence-electron chi connectivity index (χ1n) is 16.9. The molecule has 2 aromatic heterocycles. The van der Waals surface area contributed by atoms with E-state index in [1.54, 1.807) is 0 Å². The smallest absolute Gasteiger partial charge is 0.169 e. The lowest BCUT2D eigenvalue weighted by Gasteiger charge is -2.22. The molecule has 0 bridgehead atoms. The van der Waals surface area contributed by atoms with Crippen LogP contribution in [-0.4, -0.2) is 16.2 Å². The van der Waals surface area contributed by atoms with Gasteiger partial charge in [-0.1, -0.05) is 127 Å². The van der Waals surface area contributed by atoms with Gasteiger partial charge in [0.1, 0.15) is 22.8 Å². The van der Waals surface area contributed by atoms with Gasteiger partial charge < -0.3 is 14.3 Å². The molecule has 0 unspecified atom stereocenters. The minimum absolute atomic E-state index is 0.384. The Kier molecular flexibility index (Phi) is 6.49. The lowest BCUT2D eigenvalue weighted by Crippen LogP contribution is -2.35. The molecule has 0 spiro atoms. The number of rotatable bonds is 5. The molecule has 0 saturated carbocycles. The van der Waals surface area contributed by atoms with E-state index in [9.17, 15) is 0 Å². The molecule has 1 aliphatic rings. The number of benzene rings is 7. The Bertz CT molecular complexity index is 2720. The van der Waals surface area contributed by atoms with Gasteiger partial charge in [-0.05, 0) is 59.2 Å². The minimum atomic E-state index is -0.384. The number of furan rings is 1. The van der Waals surface area contributed by atoms with Crippen LogP contribution in [0.25, 0.3) is 60.6 Å². The normalized spacial score (nSPS) is 13.5. The summed E-state index contributed by atoms with van der Waals surface area (Å²) in [5.41, 5.74) is 10.6. The van der Waals surface area contributed by atoms with Crippen LogP contribution in [0.4, 0.5) is 0 Å². The van der Waals surface area contributed by atoms with Crippen LogP contribution in [0.5, 0.6) is 0 Å². The van der Waals surface area contributed by atoms with E-state index in [1.807, 2.05) is 48.5 Å². The van der Waals surface area contributed by atoms with Crippen LogP contribution in [0.1, 0.15) is 22.9 Å². The van der Waals surface area contributed by atoms with Crippen molar-refractivity contribution in [2.45, 2.75) is 6.17 Å². The van der Waals surface area contributed by atoms with Crippen molar-refractivity contribution >= 4 is 55.4 Å².